The topological polar surface area (TPSA) is 67.1 Å². The molecule has 1 aromatic heterocycles. The average Bonchev–Trinajstić information content (AvgIpc) is 3.36. The minimum absolute atomic E-state index is 0.201. The van der Waals surface area contributed by atoms with Crippen LogP contribution >= 0.6 is 0 Å². The van der Waals surface area contributed by atoms with Gasteiger partial charge >= 0.3 is 0 Å². The molecule has 0 radical (unpaired) electrons. The number of rotatable bonds is 3. The van der Waals surface area contributed by atoms with E-state index in [1.807, 2.05) is 18.2 Å². The zero-order valence-corrected chi connectivity index (χ0v) is 13.9. The maximum absolute atomic E-state index is 12.8. The molecule has 2 aliphatic rings. The second-order valence-corrected chi connectivity index (χ2v) is 6.17. The van der Waals surface area contributed by atoms with Crippen molar-refractivity contribution < 1.29 is 28.2 Å². The summed E-state index contributed by atoms with van der Waals surface area (Å²) in [5, 5.41) is 0.836. The number of fused-ring (bicyclic) bond motifs is 2. The van der Waals surface area contributed by atoms with Gasteiger partial charge in [0.05, 0.1) is 13.2 Å². The molecule has 1 saturated heterocycles. The predicted octanol–water partition coefficient (Wildman–Crippen LogP) is 3.48. The highest BCUT2D eigenvalue weighted by Gasteiger charge is 2.21. The maximum atomic E-state index is 12.8. The molecule has 0 spiro atoms. The van der Waals surface area contributed by atoms with Crippen molar-refractivity contribution in [3.8, 4) is 11.5 Å². The van der Waals surface area contributed by atoms with Crippen LogP contribution in [0, 0.1) is 0 Å². The van der Waals surface area contributed by atoms with Gasteiger partial charge in [-0.3, -0.25) is 4.79 Å². The molecule has 2 aromatic carbocycles. The van der Waals surface area contributed by atoms with Gasteiger partial charge in [0.15, 0.2) is 23.5 Å². The summed E-state index contributed by atoms with van der Waals surface area (Å²) < 4.78 is 27.8. The van der Waals surface area contributed by atoms with Crippen LogP contribution in [0.3, 0.4) is 0 Å². The Bertz CT molecular complexity index is 983. The molecule has 3 aromatic rings. The zero-order chi connectivity index (χ0) is 17.5. The van der Waals surface area contributed by atoms with Crippen LogP contribution in [0.1, 0.15) is 28.0 Å². The third kappa shape index (κ3) is 2.64. The first-order valence-electron chi connectivity index (χ1n) is 8.49. The molecular weight excluding hydrogens is 336 g/mol. The summed E-state index contributed by atoms with van der Waals surface area (Å²) in [7, 11) is 0. The van der Waals surface area contributed by atoms with E-state index in [4.69, 9.17) is 23.4 Å². The molecule has 132 valence electrons. The summed E-state index contributed by atoms with van der Waals surface area (Å²) in [6.45, 7) is 2.16. The first kappa shape index (κ1) is 15.4. The van der Waals surface area contributed by atoms with E-state index < -0.39 is 0 Å². The van der Waals surface area contributed by atoms with Crippen LogP contribution in [0.5, 0.6) is 11.5 Å². The van der Waals surface area contributed by atoms with Gasteiger partial charge in [-0.1, -0.05) is 6.07 Å². The van der Waals surface area contributed by atoms with Crippen molar-refractivity contribution in [1.82, 2.24) is 0 Å². The van der Waals surface area contributed by atoms with E-state index in [1.54, 1.807) is 24.3 Å². The number of ether oxygens (including phenoxy) is 4. The highest BCUT2D eigenvalue weighted by molar-refractivity contribution is 6.09. The molecule has 3 heterocycles. The lowest BCUT2D eigenvalue weighted by molar-refractivity contribution is -0.0440. The fourth-order valence-electron chi connectivity index (χ4n) is 3.20. The molecule has 0 bridgehead atoms. The standard InChI is InChI=1S/C20H16O6/c21-19(12-1-4-16-17(10-12)23-6-5-22-16)18-11-14-9-13(2-3-15(14)26-18)20-24-7-8-25-20/h1-4,9-11,20H,5-8H2. The van der Waals surface area contributed by atoms with E-state index in [1.165, 1.54) is 0 Å². The second-order valence-electron chi connectivity index (χ2n) is 6.17. The number of carbonyl (C=O) groups is 1. The fraction of sp³-hybridized carbons (Fsp3) is 0.250. The van der Waals surface area contributed by atoms with E-state index in [0.29, 0.717) is 49.1 Å². The normalized spacial score (nSPS) is 16.9. The summed E-state index contributed by atoms with van der Waals surface area (Å²) in [6, 6.07) is 12.5. The molecule has 6 heteroatoms. The molecule has 0 unspecified atom stereocenters. The molecule has 0 N–H and O–H groups in total. The van der Waals surface area contributed by atoms with Gasteiger partial charge in [0.25, 0.3) is 0 Å². The number of benzene rings is 2. The van der Waals surface area contributed by atoms with Crippen molar-refractivity contribution in [3.05, 3.63) is 59.4 Å². The van der Waals surface area contributed by atoms with E-state index in [9.17, 15) is 4.79 Å². The average molecular weight is 352 g/mol. The number of hydrogen-bond donors (Lipinski definition) is 0. The summed E-state index contributed by atoms with van der Waals surface area (Å²) in [5.41, 5.74) is 2.05. The highest BCUT2D eigenvalue weighted by Crippen LogP contribution is 2.33. The van der Waals surface area contributed by atoms with Crippen LogP contribution in [0.15, 0.2) is 46.9 Å². The van der Waals surface area contributed by atoms with Crippen molar-refractivity contribution in [2.75, 3.05) is 26.4 Å². The van der Waals surface area contributed by atoms with Gasteiger partial charge in [-0.15, -0.1) is 0 Å². The van der Waals surface area contributed by atoms with Crippen LogP contribution in [0.25, 0.3) is 11.0 Å². The molecular formula is C20H16O6. The van der Waals surface area contributed by atoms with Gasteiger partial charge in [0.2, 0.25) is 5.78 Å². The van der Waals surface area contributed by atoms with E-state index in [2.05, 4.69) is 0 Å². The lowest BCUT2D eigenvalue weighted by atomic mass is 10.1. The summed E-state index contributed by atoms with van der Waals surface area (Å²) >= 11 is 0. The van der Waals surface area contributed by atoms with Crippen LogP contribution in [0.4, 0.5) is 0 Å². The molecule has 0 aliphatic carbocycles. The third-order valence-electron chi connectivity index (χ3n) is 4.46. The Morgan fingerprint density at radius 2 is 1.65 bits per heavy atom. The summed E-state index contributed by atoms with van der Waals surface area (Å²) in [4.78, 5) is 12.8. The Morgan fingerprint density at radius 1 is 0.846 bits per heavy atom. The van der Waals surface area contributed by atoms with Crippen molar-refractivity contribution in [3.63, 3.8) is 0 Å². The Hall–Kier alpha value is -2.83. The Morgan fingerprint density at radius 3 is 2.50 bits per heavy atom. The SMILES string of the molecule is O=C(c1ccc2c(c1)OCCO2)c1cc2cc(C3OCCO3)ccc2o1. The molecule has 26 heavy (non-hydrogen) atoms. The van der Waals surface area contributed by atoms with Gasteiger partial charge in [-0.2, -0.15) is 0 Å². The Balaban J connectivity index is 1.47. The lowest BCUT2D eigenvalue weighted by Gasteiger charge is -2.18. The molecule has 0 atom stereocenters. The van der Waals surface area contributed by atoms with Crippen LogP contribution in [-0.4, -0.2) is 32.2 Å². The van der Waals surface area contributed by atoms with Crippen molar-refractivity contribution >= 4 is 16.8 Å². The minimum Gasteiger partial charge on any atom is -0.486 e. The summed E-state index contributed by atoms with van der Waals surface area (Å²) in [6.07, 6.45) is -0.355. The Kier molecular flexibility index (Phi) is 3.65. The molecule has 1 fully saturated rings. The Labute approximate surface area is 149 Å². The van der Waals surface area contributed by atoms with E-state index in [0.717, 1.165) is 10.9 Å². The van der Waals surface area contributed by atoms with Gasteiger partial charge in [0, 0.05) is 16.5 Å². The molecule has 2 aliphatic heterocycles. The first-order chi connectivity index (χ1) is 12.8. The predicted molar refractivity (Wildman–Crippen MR) is 91.7 cm³/mol. The molecule has 5 rings (SSSR count). The number of ketones is 1. The van der Waals surface area contributed by atoms with E-state index in [-0.39, 0.29) is 17.8 Å². The minimum atomic E-state index is -0.355. The number of hydrogen-bond acceptors (Lipinski definition) is 6. The van der Waals surface area contributed by atoms with Crippen molar-refractivity contribution in [2.45, 2.75) is 6.29 Å². The quantitative estimate of drug-likeness (QED) is 0.672. The van der Waals surface area contributed by atoms with Crippen LogP contribution < -0.4 is 9.47 Å². The monoisotopic (exact) mass is 352 g/mol. The van der Waals surface area contributed by atoms with Crippen molar-refractivity contribution in [2.24, 2.45) is 0 Å². The number of carbonyl (C=O) groups excluding carboxylic acids is 1. The fourth-order valence-corrected chi connectivity index (χ4v) is 3.20. The summed E-state index contributed by atoms with van der Waals surface area (Å²) in [5.74, 6) is 1.31. The lowest BCUT2D eigenvalue weighted by Crippen LogP contribution is -2.15. The number of furan rings is 1. The van der Waals surface area contributed by atoms with Gasteiger partial charge < -0.3 is 23.4 Å². The van der Waals surface area contributed by atoms with Crippen molar-refractivity contribution in [1.29, 1.82) is 0 Å². The van der Waals surface area contributed by atoms with Crippen LogP contribution in [0.2, 0.25) is 0 Å². The molecule has 0 amide bonds. The highest BCUT2D eigenvalue weighted by atomic mass is 16.7. The van der Waals surface area contributed by atoms with Crippen LogP contribution in [-0.2, 0) is 9.47 Å². The second kappa shape index (κ2) is 6.16. The molecule has 0 saturated carbocycles. The van der Waals surface area contributed by atoms with Gasteiger partial charge in [-0.05, 0) is 36.4 Å². The van der Waals surface area contributed by atoms with E-state index >= 15 is 0 Å². The molecule has 6 nitrogen and oxygen atoms in total. The zero-order valence-electron chi connectivity index (χ0n) is 13.9. The third-order valence-corrected chi connectivity index (χ3v) is 4.46. The van der Waals surface area contributed by atoms with Gasteiger partial charge in [-0.25, -0.2) is 0 Å². The first-order valence-corrected chi connectivity index (χ1v) is 8.49. The smallest absolute Gasteiger partial charge is 0.228 e. The van der Waals surface area contributed by atoms with Gasteiger partial charge in [0.1, 0.15) is 18.8 Å². The largest absolute Gasteiger partial charge is 0.486 e. The maximum Gasteiger partial charge on any atom is 0.228 e.